The zero-order chi connectivity index (χ0) is 23.9. The van der Waals surface area contributed by atoms with Gasteiger partial charge in [-0.1, -0.05) is 63.3 Å². The van der Waals surface area contributed by atoms with E-state index in [2.05, 4.69) is 31.2 Å². The second-order valence-electron chi connectivity index (χ2n) is 7.97. The second kappa shape index (κ2) is 22.5. The fourth-order valence-electron chi connectivity index (χ4n) is 2.96. The number of methoxy groups -OCH3 is 1. The van der Waals surface area contributed by atoms with Crippen molar-refractivity contribution in [2.45, 2.75) is 96.1 Å². The summed E-state index contributed by atoms with van der Waals surface area (Å²) in [5.74, 6) is -1.05. The van der Waals surface area contributed by atoms with Crippen LogP contribution in [0.1, 0.15) is 84.0 Å². The summed E-state index contributed by atoms with van der Waals surface area (Å²) < 4.78 is 14.9. The normalized spacial score (nSPS) is 13.5. The molecule has 32 heavy (non-hydrogen) atoms. The molecule has 2 atom stereocenters. The van der Waals surface area contributed by atoms with Crippen LogP contribution in [0.25, 0.3) is 0 Å². The van der Waals surface area contributed by atoms with Gasteiger partial charge in [-0.05, 0) is 38.5 Å². The Balaban J connectivity index is 3.64. The Hall–Kier alpha value is -1.70. The number of rotatable bonds is 21. The molecule has 0 spiro atoms. The van der Waals surface area contributed by atoms with E-state index in [1.54, 1.807) is 0 Å². The molecule has 0 heterocycles. The second-order valence-corrected chi connectivity index (χ2v) is 7.97. The van der Waals surface area contributed by atoms with Crippen LogP contribution in [0.3, 0.4) is 0 Å². The zero-order valence-corrected chi connectivity index (χ0v) is 20.1. The molecule has 186 valence electrons. The van der Waals surface area contributed by atoms with Gasteiger partial charge in [0.2, 0.25) is 0 Å². The summed E-state index contributed by atoms with van der Waals surface area (Å²) in [6.07, 6.45) is 20.7. The number of carbonyl (C=O) groups excluding carboxylic acids is 2. The first-order valence-electron chi connectivity index (χ1n) is 12.1. The molecule has 0 rings (SSSR count). The monoisotopic (exact) mass is 455 g/mol. The van der Waals surface area contributed by atoms with E-state index in [-0.39, 0.29) is 19.2 Å². The Kier molecular flexibility index (Phi) is 21.3. The Morgan fingerprint density at radius 2 is 1.53 bits per heavy atom. The molecule has 0 saturated carbocycles. The summed E-state index contributed by atoms with van der Waals surface area (Å²) in [6.45, 7) is 1.62. The van der Waals surface area contributed by atoms with Crippen molar-refractivity contribution in [2.24, 2.45) is 5.73 Å². The van der Waals surface area contributed by atoms with Crippen molar-refractivity contribution in [1.82, 2.24) is 0 Å². The maximum Gasteiger partial charge on any atom is 0.325 e. The van der Waals surface area contributed by atoms with Crippen LogP contribution in [0.4, 0.5) is 0 Å². The molecule has 7 nitrogen and oxygen atoms in total. The molecular weight excluding hydrogens is 410 g/mol. The highest BCUT2D eigenvalue weighted by atomic mass is 16.6. The fourth-order valence-corrected chi connectivity index (χ4v) is 2.96. The Morgan fingerprint density at radius 1 is 0.906 bits per heavy atom. The number of nitrogens with two attached hydrogens (primary N) is 1. The molecule has 0 radical (unpaired) electrons. The van der Waals surface area contributed by atoms with Crippen molar-refractivity contribution >= 4 is 11.9 Å². The van der Waals surface area contributed by atoms with Gasteiger partial charge in [-0.3, -0.25) is 9.59 Å². The molecular formula is C25H45NO6. The first-order valence-corrected chi connectivity index (χ1v) is 12.1. The van der Waals surface area contributed by atoms with Gasteiger partial charge in [0.05, 0.1) is 13.2 Å². The van der Waals surface area contributed by atoms with Crippen LogP contribution in [0.15, 0.2) is 24.3 Å². The standard InChI is InChI=1S/C25H45NO6/c1-3-4-5-6-7-8-9-10-11-12-13-14-15-16-17-18-24(28)31-20-22(19-27)32-25(29)23(26)21-30-2/h7-8,10-11,22-23,27H,3-6,9,12-21,26H2,1-2H3. The van der Waals surface area contributed by atoms with Gasteiger partial charge in [-0.25, -0.2) is 0 Å². The third-order valence-electron chi connectivity index (χ3n) is 4.90. The summed E-state index contributed by atoms with van der Waals surface area (Å²) >= 11 is 0. The van der Waals surface area contributed by atoms with Crippen molar-refractivity contribution in [1.29, 1.82) is 0 Å². The van der Waals surface area contributed by atoms with Crippen LogP contribution in [0, 0.1) is 0 Å². The molecule has 0 fully saturated rings. The van der Waals surface area contributed by atoms with E-state index in [1.165, 1.54) is 32.8 Å². The van der Waals surface area contributed by atoms with Crippen LogP contribution in [-0.4, -0.2) is 56.1 Å². The minimum absolute atomic E-state index is 0.0175. The largest absolute Gasteiger partial charge is 0.462 e. The molecule has 0 bridgehead atoms. The molecule has 3 N–H and O–H groups in total. The Bertz CT molecular complexity index is 521. The van der Waals surface area contributed by atoms with E-state index in [0.717, 1.165) is 44.9 Å². The van der Waals surface area contributed by atoms with E-state index >= 15 is 0 Å². The number of carbonyl (C=O) groups is 2. The molecule has 0 amide bonds. The predicted octanol–water partition coefficient (Wildman–Crippen LogP) is 4.22. The van der Waals surface area contributed by atoms with E-state index in [0.29, 0.717) is 6.42 Å². The lowest BCUT2D eigenvalue weighted by molar-refractivity contribution is -0.163. The van der Waals surface area contributed by atoms with E-state index in [9.17, 15) is 14.7 Å². The molecule has 0 aliphatic rings. The van der Waals surface area contributed by atoms with E-state index < -0.39 is 24.7 Å². The average Bonchev–Trinajstić information content (AvgIpc) is 2.79. The quantitative estimate of drug-likeness (QED) is 0.151. The summed E-state index contributed by atoms with van der Waals surface area (Å²) in [4.78, 5) is 23.5. The van der Waals surface area contributed by atoms with Gasteiger partial charge in [0.15, 0.2) is 6.10 Å². The van der Waals surface area contributed by atoms with Crippen molar-refractivity contribution < 1.29 is 28.9 Å². The smallest absolute Gasteiger partial charge is 0.325 e. The van der Waals surface area contributed by atoms with Crippen LogP contribution in [-0.2, 0) is 23.8 Å². The SMILES string of the molecule is CCCCCC=CCC=CCCCCCCCC(=O)OCC(CO)OC(=O)C(N)COC. The number of esters is 2. The topological polar surface area (TPSA) is 108 Å². The van der Waals surface area contributed by atoms with Crippen molar-refractivity contribution in [3.8, 4) is 0 Å². The molecule has 0 aromatic carbocycles. The van der Waals surface area contributed by atoms with Crippen LogP contribution in [0.2, 0.25) is 0 Å². The summed E-state index contributed by atoms with van der Waals surface area (Å²) in [7, 11) is 1.42. The summed E-state index contributed by atoms with van der Waals surface area (Å²) in [6, 6.07) is -0.933. The number of ether oxygens (including phenoxy) is 3. The lowest BCUT2D eigenvalue weighted by Gasteiger charge is -2.18. The number of hydrogen-bond donors (Lipinski definition) is 2. The molecule has 0 aromatic rings. The summed E-state index contributed by atoms with van der Waals surface area (Å²) in [5, 5.41) is 9.27. The van der Waals surface area contributed by atoms with Gasteiger partial charge in [0, 0.05) is 13.5 Å². The number of aliphatic hydroxyl groups excluding tert-OH is 1. The maximum atomic E-state index is 11.8. The average molecular weight is 456 g/mol. The number of aliphatic hydroxyl groups is 1. The highest BCUT2D eigenvalue weighted by Crippen LogP contribution is 2.09. The maximum absolute atomic E-state index is 11.8. The lowest BCUT2D eigenvalue weighted by atomic mass is 10.1. The van der Waals surface area contributed by atoms with E-state index in [4.69, 9.17) is 19.9 Å². The van der Waals surface area contributed by atoms with Gasteiger partial charge in [0.25, 0.3) is 0 Å². The van der Waals surface area contributed by atoms with Gasteiger partial charge in [-0.15, -0.1) is 0 Å². The Morgan fingerprint density at radius 3 is 2.16 bits per heavy atom. The first kappa shape index (κ1) is 30.3. The highest BCUT2D eigenvalue weighted by Gasteiger charge is 2.21. The zero-order valence-electron chi connectivity index (χ0n) is 20.1. The number of allylic oxidation sites excluding steroid dienone is 4. The minimum atomic E-state index is -0.933. The van der Waals surface area contributed by atoms with Crippen LogP contribution >= 0.6 is 0 Å². The van der Waals surface area contributed by atoms with Crippen molar-refractivity contribution in [3.05, 3.63) is 24.3 Å². The summed E-state index contributed by atoms with van der Waals surface area (Å²) in [5.41, 5.74) is 5.56. The van der Waals surface area contributed by atoms with Gasteiger partial charge >= 0.3 is 11.9 Å². The Labute approximate surface area is 194 Å². The molecule has 7 heteroatoms. The molecule has 0 aromatic heterocycles. The fraction of sp³-hybridized carbons (Fsp3) is 0.760. The lowest BCUT2D eigenvalue weighted by Crippen LogP contribution is -2.40. The molecule has 0 aliphatic carbocycles. The molecule has 2 unspecified atom stereocenters. The highest BCUT2D eigenvalue weighted by molar-refractivity contribution is 5.75. The van der Waals surface area contributed by atoms with Gasteiger partial charge in [-0.2, -0.15) is 0 Å². The predicted molar refractivity (Wildman–Crippen MR) is 127 cm³/mol. The molecule has 0 saturated heterocycles. The first-order chi connectivity index (χ1) is 15.5. The van der Waals surface area contributed by atoms with Gasteiger partial charge in [0.1, 0.15) is 12.6 Å². The minimum Gasteiger partial charge on any atom is -0.462 e. The van der Waals surface area contributed by atoms with Crippen molar-refractivity contribution in [2.75, 3.05) is 26.9 Å². The number of unbranched alkanes of at least 4 members (excludes halogenated alkanes) is 8. The van der Waals surface area contributed by atoms with Gasteiger partial charge < -0.3 is 25.1 Å². The molecule has 0 aliphatic heterocycles. The van der Waals surface area contributed by atoms with Crippen LogP contribution in [0.5, 0.6) is 0 Å². The number of hydrogen-bond acceptors (Lipinski definition) is 7. The van der Waals surface area contributed by atoms with E-state index in [1.807, 2.05) is 0 Å². The third kappa shape index (κ3) is 19.0. The van der Waals surface area contributed by atoms with Crippen molar-refractivity contribution in [3.63, 3.8) is 0 Å². The van der Waals surface area contributed by atoms with Crippen LogP contribution < -0.4 is 5.73 Å². The third-order valence-corrected chi connectivity index (χ3v) is 4.90.